The highest BCUT2D eigenvalue weighted by Gasteiger charge is 2.29. The zero-order chi connectivity index (χ0) is 10.2. The van der Waals surface area contributed by atoms with E-state index < -0.39 is 10.3 Å². The van der Waals surface area contributed by atoms with Crippen LogP contribution < -0.4 is 4.72 Å². The molecule has 5 heteroatoms. The van der Waals surface area contributed by atoms with Crippen molar-refractivity contribution in [2.24, 2.45) is 0 Å². The molecule has 0 aromatic heterocycles. The summed E-state index contributed by atoms with van der Waals surface area (Å²) >= 11 is 0. The van der Waals surface area contributed by atoms with Gasteiger partial charge in [-0.1, -0.05) is 24.3 Å². The molecule has 0 aliphatic carbocycles. The van der Waals surface area contributed by atoms with Crippen LogP contribution in [0.15, 0.2) is 24.3 Å². The molecule has 1 aromatic rings. The molecule has 0 saturated carbocycles. The first-order valence-corrected chi connectivity index (χ1v) is 5.71. The molecule has 0 bridgehead atoms. The number of benzene rings is 1. The fourth-order valence-corrected chi connectivity index (χ4v) is 2.46. The van der Waals surface area contributed by atoms with Crippen molar-refractivity contribution in [1.82, 2.24) is 4.72 Å². The number of hydrogen-bond donors (Lipinski definition) is 1. The van der Waals surface area contributed by atoms with Gasteiger partial charge in [-0.15, -0.1) is 0 Å². The lowest BCUT2D eigenvalue weighted by atomic mass is 10.0. The molecule has 1 saturated heterocycles. The number of rotatable bonds is 1. The Morgan fingerprint density at radius 2 is 2.14 bits per heavy atom. The molecule has 1 aromatic carbocycles. The van der Waals surface area contributed by atoms with Crippen molar-refractivity contribution in [3.63, 3.8) is 0 Å². The Labute approximate surface area is 83.2 Å². The number of aryl methyl sites for hydroxylation is 1. The predicted molar refractivity (Wildman–Crippen MR) is 51.9 cm³/mol. The zero-order valence-electron chi connectivity index (χ0n) is 7.73. The van der Waals surface area contributed by atoms with Gasteiger partial charge in [0.1, 0.15) is 0 Å². The van der Waals surface area contributed by atoms with Gasteiger partial charge in [0.05, 0.1) is 12.6 Å². The molecular weight excluding hydrogens is 202 g/mol. The number of nitrogens with one attached hydrogen (secondary N) is 1. The van der Waals surface area contributed by atoms with E-state index in [0.717, 1.165) is 11.1 Å². The van der Waals surface area contributed by atoms with Gasteiger partial charge >= 0.3 is 10.3 Å². The van der Waals surface area contributed by atoms with Crippen LogP contribution in [0.5, 0.6) is 0 Å². The minimum Gasteiger partial charge on any atom is -0.256 e. The Kier molecular flexibility index (Phi) is 2.30. The molecule has 14 heavy (non-hydrogen) atoms. The highest BCUT2D eigenvalue weighted by atomic mass is 32.2. The summed E-state index contributed by atoms with van der Waals surface area (Å²) in [5.41, 5.74) is 2.03. The maximum atomic E-state index is 11.0. The molecule has 4 nitrogen and oxygen atoms in total. The largest absolute Gasteiger partial charge is 0.336 e. The van der Waals surface area contributed by atoms with Gasteiger partial charge in [-0.25, -0.2) is 0 Å². The zero-order valence-corrected chi connectivity index (χ0v) is 8.54. The van der Waals surface area contributed by atoms with Gasteiger partial charge in [-0.2, -0.15) is 13.1 Å². The molecule has 76 valence electrons. The van der Waals surface area contributed by atoms with Crippen LogP contribution in [0.3, 0.4) is 0 Å². The Balaban J connectivity index is 2.30. The molecule has 1 heterocycles. The Hall–Kier alpha value is -0.910. The fourth-order valence-electron chi connectivity index (χ4n) is 1.53. The third-order valence-corrected chi connectivity index (χ3v) is 3.26. The molecule has 1 N–H and O–H groups in total. The van der Waals surface area contributed by atoms with Gasteiger partial charge < -0.3 is 0 Å². The first-order chi connectivity index (χ1) is 6.58. The highest BCUT2D eigenvalue weighted by molar-refractivity contribution is 7.84. The van der Waals surface area contributed by atoms with Crippen LogP contribution in [0.1, 0.15) is 17.2 Å². The lowest BCUT2D eigenvalue weighted by Crippen LogP contribution is -2.20. The molecule has 0 radical (unpaired) electrons. The van der Waals surface area contributed by atoms with Crippen LogP contribution >= 0.6 is 0 Å². The average molecular weight is 213 g/mol. The van der Waals surface area contributed by atoms with Crippen molar-refractivity contribution in [2.75, 3.05) is 6.61 Å². The van der Waals surface area contributed by atoms with Crippen molar-refractivity contribution in [1.29, 1.82) is 0 Å². The van der Waals surface area contributed by atoms with Gasteiger partial charge in [-0.05, 0) is 18.1 Å². The Bertz CT molecular complexity index is 441. The second kappa shape index (κ2) is 3.34. The van der Waals surface area contributed by atoms with E-state index in [1.165, 1.54) is 0 Å². The Morgan fingerprint density at radius 3 is 2.71 bits per heavy atom. The van der Waals surface area contributed by atoms with E-state index in [0.29, 0.717) is 0 Å². The second-order valence-electron chi connectivity index (χ2n) is 3.27. The second-order valence-corrected chi connectivity index (χ2v) is 4.65. The van der Waals surface area contributed by atoms with Gasteiger partial charge in [0, 0.05) is 0 Å². The van der Waals surface area contributed by atoms with Crippen molar-refractivity contribution in [3.8, 4) is 0 Å². The summed E-state index contributed by atoms with van der Waals surface area (Å²) in [6, 6.07) is 7.40. The molecule has 1 aliphatic heterocycles. The number of hydrogen-bond acceptors (Lipinski definition) is 3. The molecule has 0 spiro atoms. The van der Waals surface area contributed by atoms with Crippen molar-refractivity contribution >= 4 is 10.3 Å². The third kappa shape index (κ3) is 1.79. The van der Waals surface area contributed by atoms with Crippen molar-refractivity contribution < 1.29 is 12.6 Å². The molecule has 0 unspecified atom stereocenters. The van der Waals surface area contributed by atoms with E-state index in [1.807, 2.05) is 31.2 Å². The van der Waals surface area contributed by atoms with Gasteiger partial charge in [0.25, 0.3) is 0 Å². The van der Waals surface area contributed by atoms with E-state index in [1.54, 1.807) is 0 Å². The van der Waals surface area contributed by atoms with E-state index in [-0.39, 0.29) is 12.6 Å². The highest BCUT2D eigenvalue weighted by Crippen LogP contribution is 2.23. The summed E-state index contributed by atoms with van der Waals surface area (Å²) in [5.74, 6) is 0. The van der Waals surface area contributed by atoms with Crippen LogP contribution in [-0.2, 0) is 14.5 Å². The molecule has 1 atom stereocenters. The lowest BCUT2D eigenvalue weighted by Gasteiger charge is -2.09. The summed E-state index contributed by atoms with van der Waals surface area (Å²) in [6.45, 7) is 2.12. The van der Waals surface area contributed by atoms with Gasteiger partial charge in [-0.3, -0.25) is 4.18 Å². The van der Waals surface area contributed by atoms with E-state index >= 15 is 0 Å². The summed E-state index contributed by atoms with van der Waals surface area (Å²) in [4.78, 5) is 0. The topological polar surface area (TPSA) is 55.4 Å². The van der Waals surface area contributed by atoms with Gasteiger partial charge in [0.15, 0.2) is 0 Å². The standard InChI is InChI=1S/C9H11NO3S/c1-7-4-2-3-5-8(7)9-6-13-14(11,12)10-9/h2-5,9-10H,6H2,1H3/t9-/m1/s1. The lowest BCUT2D eigenvalue weighted by molar-refractivity contribution is 0.338. The third-order valence-electron chi connectivity index (χ3n) is 2.24. The smallest absolute Gasteiger partial charge is 0.256 e. The molecule has 2 rings (SSSR count). The minimum absolute atomic E-state index is 0.174. The summed E-state index contributed by atoms with van der Waals surface area (Å²) < 4.78 is 29.0. The normalized spacial score (nSPS) is 25.1. The predicted octanol–water partition coefficient (Wildman–Crippen LogP) is 0.901. The van der Waals surface area contributed by atoms with Crippen molar-refractivity contribution in [2.45, 2.75) is 13.0 Å². The minimum atomic E-state index is -3.51. The van der Waals surface area contributed by atoms with Crippen LogP contribution in [0.4, 0.5) is 0 Å². The van der Waals surface area contributed by atoms with Crippen molar-refractivity contribution in [3.05, 3.63) is 35.4 Å². The van der Waals surface area contributed by atoms with E-state index in [2.05, 4.69) is 8.91 Å². The van der Waals surface area contributed by atoms with Crippen LogP contribution in [0, 0.1) is 6.92 Å². The SMILES string of the molecule is Cc1ccccc1[C@H]1COS(=O)(=O)N1. The van der Waals surface area contributed by atoms with E-state index in [4.69, 9.17) is 0 Å². The molecule has 0 amide bonds. The van der Waals surface area contributed by atoms with E-state index in [9.17, 15) is 8.42 Å². The van der Waals surface area contributed by atoms with Crippen LogP contribution in [0.25, 0.3) is 0 Å². The maximum absolute atomic E-state index is 11.0. The van der Waals surface area contributed by atoms with Crippen LogP contribution in [-0.4, -0.2) is 15.0 Å². The first kappa shape index (κ1) is 9.64. The average Bonchev–Trinajstić information content (AvgIpc) is 2.47. The first-order valence-electron chi connectivity index (χ1n) is 4.31. The summed E-state index contributed by atoms with van der Waals surface area (Å²) in [7, 11) is -3.51. The monoisotopic (exact) mass is 213 g/mol. The molecule has 1 aliphatic rings. The quantitative estimate of drug-likeness (QED) is 0.754. The molecular formula is C9H11NO3S. The van der Waals surface area contributed by atoms with Gasteiger partial charge in [0.2, 0.25) is 0 Å². The summed E-state index contributed by atoms with van der Waals surface area (Å²) in [6.07, 6.45) is 0. The summed E-state index contributed by atoms with van der Waals surface area (Å²) in [5, 5.41) is 0. The fraction of sp³-hybridized carbons (Fsp3) is 0.333. The Morgan fingerprint density at radius 1 is 1.43 bits per heavy atom. The molecule has 1 fully saturated rings. The van der Waals surface area contributed by atoms with Crippen LogP contribution in [0.2, 0.25) is 0 Å². The maximum Gasteiger partial charge on any atom is 0.336 e.